The summed E-state index contributed by atoms with van der Waals surface area (Å²) < 4.78 is 31.9. The van der Waals surface area contributed by atoms with Crippen LogP contribution in [0.4, 0.5) is 0 Å². The Kier molecular flexibility index (Phi) is 6.17. The van der Waals surface area contributed by atoms with E-state index in [0.29, 0.717) is 25.9 Å². The van der Waals surface area contributed by atoms with Gasteiger partial charge in [0.25, 0.3) is 0 Å². The Labute approximate surface area is 125 Å². The van der Waals surface area contributed by atoms with E-state index < -0.39 is 16.0 Å². The summed E-state index contributed by atoms with van der Waals surface area (Å²) in [4.78, 5) is 10.9. The van der Waals surface area contributed by atoms with Crippen molar-refractivity contribution in [1.29, 1.82) is 0 Å². The van der Waals surface area contributed by atoms with Crippen molar-refractivity contribution >= 4 is 16.0 Å². The van der Waals surface area contributed by atoms with Crippen LogP contribution in [0.2, 0.25) is 0 Å². The number of benzene rings is 1. The second-order valence-electron chi connectivity index (χ2n) is 4.57. The maximum absolute atomic E-state index is 12.7. The minimum Gasteiger partial charge on any atom is -0.495 e. The zero-order chi connectivity index (χ0) is 16.0. The molecule has 1 aromatic carbocycles. The molecule has 0 aliphatic carbocycles. The summed E-state index contributed by atoms with van der Waals surface area (Å²) in [5, 5.41) is 9.03. The summed E-state index contributed by atoms with van der Waals surface area (Å²) in [6.45, 7) is 4.55. The molecule has 1 aromatic rings. The SMILES string of the molecule is CCCN(CCC)S(=O)(=O)c1cc(C(=O)O)ccc1OC. The van der Waals surface area contributed by atoms with Gasteiger partial charge in [0.15, 0.2) is 0 Å². The van der Waals surface area contributed by atoms with E-state index in [0.717, 1.165) is 6.07 Å². The van der Waals surface area contributed by atoms with Crippen LogP contribution in [0.5, 0.6) is 5.75 Å². The van der Waals surface area contributed by atoms with Gasteiger partial charge in [0.2, 0.25) is 10.0 Å². The van der Waals surface area contributed by atoms with Crippen LogP contribution in [0, 0.1) is 0 Å². The van der Waals surface area contributed by atoms with E-state index in [4.69, 9.17) is 9.84 Å². The number of ether oxygens (including phenoxy) is 1. The van der Waals surface area contributed by atoms with E-state index in [2.05, 4.69) is 0 Å². The van der Waals surface area contributed by atoms with E-state index in [9.17, 15) is 13.2 Å². The summed E-state index contributed by atoms with van der Waals surface area (Å²) in [7, 11) is -2.42. The van der Waals surface area contributed by atoms with Gasteiger partial charge in [-0.25, -0.2) is 13.2 Å². The number of nitrogens with zero attached hydrogens (tertiary/aromatic N) is 1. The number of sulfonamides is 1. The summed E-state index contributed by atoms with van der Waals surface area (Å²) in [6.07, 6.45) is 1.36. The second-order valence-corrected chi connectivity index (χ2v) is 6.48. The molecule has 0 unspecified atom stereocenters. The van der Waals surface area contributed by atoms with Crippen LogP contribution >= 0.6 is 0 Å². The van der Waals surface area contributed by atoms with E-state index in [1.165, 1.54) is 23.5 Å². The van der Waals surface area contributed by atoms with Gasteiger partial charge in [-0.1, -0.05) is 13.8 Å². The molecular weight excluding hydrogens is 294 g/mol. The van der Waals surface area contributed by atoms with E-state index in [1.807, 2.05) is 13.8 Å². The van der Waals surface area contributed by atoms with Crippen LogP contribution in [0.15, 0.2) is 23.1 Å². The van der Waals surface area contributed by atoms with Gasteiger partial charge in [-0.15, -0.1) is 0 Å². The van der Waals surface area contributed by atoms with Crippen LogP contribution in [-0.4, -0.2) is 44.0 Å². The Hall–Kier alpha value is -1.60. The molecule has 21 heavy (non-hydrogen) atoms. The van der Waals surface area contributed by atoms with Crippen LogP contribution in [0.25, 0.3) is 0 Å². The van der Waals surface area contributed by atoms with Crippen molar-refractivity contribution in [2.75, 3.05) is 20.2 Å². The van der Waals surface area contributed by atoms with Crippen LogP contribution in [0.1, 0.15) is 37.0 Å². The van der Waals surface area contributed by atoms with Crippen molar-refractivity contribution in [2.45, 2.75) is 31.6 Å². The normalized spacial score (nSPS) is 11.6. The molecular formula is C14H21NO5S. The summed E-state index contributed by atoms with van der Waals surface area (Å²) in [6, 6.07) is 3.84. The molecule has 1 rings (SSSR count). The predicted octanol–water partition coefficient (Wildman–Crippen LogP) is 2.20. The third-order valence-electron chi connectivity index (χ3n) is 2.97. The lowest BCUT2D eigenvalue weighted by atomic mass is 10.2. The zero-order valence-corrected chi connectivity index (χ0v) is 13.3. The number of methoxy groups -OCH3 is 1. The van der Waals surface area contributed by atoms with Crippen LogP contribution in [0.3, 0.4) is 0 Å². The topological polar surface area (TPSA) is 83.9 Å². The highest BCUT2D eigenvalue weighted by molar-refractivity contribution is 7.89. The smallest absolute Gasteiger partial charge is 0.335 e. The highest BCUT2D eigenvalue weighted by Crippen LogP contribution is 2.28. The number of hydrogen-bond donors (Lipinski definition) is 1. The number of rotatable bonds is 8. The minimum atomic E-state index is -3.78. The first-order valence-corrected chi connectivity index (χ1v) is 8.23. The van der Waals surface area contributed by atoms with Crippen molar-refractivity contribution in [3.63, 3.8) is 0 Å². The molecule has 0 fully saturated rings. The summed E-state index contributed by atoms with van der Waals surface area (Å²) in [5.74, 6) is -1.02. The van der Waals surface area contributed by atoms with Gasteiger partial charge in [0.05, 0.1) is 12.7 Å². The molecule has 0 aliphatic heterocycles. The molecule has 0 spiro atoms. The number of aromatic carboxylic acids is 1. The van der Waals surface area contributed by atoms with Gasteiger partial charge in [-0.05, 0) is 31.0 Å². The highest BCUT2D eigenvalue weighted by Gasteiger charge is 2.27. The van der Waals surface area contributed by atoms with Gasteiger partial charge in [0, 0.05) is 13.1 Å². The summed E-state index contributed by atoms with van der Waals surface area (Å²) >= 11 is 0. The average molecular weight is 315 g/mol. The molecule has 0 heterocycles. The molecule has 0 saturated heterocycles. The lowest BCUT2D eigenvalue weighted by Crippen LogP contribution is -2.33. The predicted molar refractivity (Wildman–Crippen MR) is 79.3 cm³/mol. The van der Waals surface area contributed by atoms with Gasteiger partial charge >= 0.3 is 5.97 Å². The monoisotopic (exact) mass is 315 g/mol. The molecule has 0 amide bonds. The fourth-order valence-electron chi connectivity index (χ4n) is 2.00. The lowest BCUT2D eigenvalue weighted by molar-refractivity contribution is 0.0696. The number of carboxylic acid groups (broad SMARTS) is 1. The number of hydrogen-bond acceptors (Lipinski definition) is 4. The van der Waals surface area contributed by atoms with Crippen molar-refractivity contribution in [3.05, 3.63) is 23.8 Å². The fourth-order valence-corrected chi connectivity index (χ4v) is 3.81. The van der Waals surface area contributed by atoms with Gasteiger partial charge in [-0.2, -0.15) is 4.31 Å². The second kappa shape index (κ2) is 7.42. The number of carboxylic acids is 1. The molecule has 0 saturated carbocycles. The molecule has 0 aromatic heterocycles. The number of carbonyl (C=O) groups is 1. The largest absolute Gasteiger partial charge is 0.495 e. The Morgan fingerprint density at radius 2 is 1.81 bits per heavy atom. The first-order valence-electron chi connectivity index (χ1n) is 6.79. The Morgan fingerprint density at radius 1 is 1.24 bits per heavy atom. The molecule has 6 nitrogen and oxygen atoms in total. The van der Waals surface area contributed by atoms with Gasteiger partial charge in [-0.3, -0.25) is 0 Å². The molecule has 7 heteroatoms. The third-order valence-corrected chi connectivity index (χ3v) is 4.89. The Morgan fingerprint density at radius 3 is 2.24 bits per heavy atom. The van der Waals surface area contributed by atoms with Crippen LogP contribution < -0.4 is 4.74 Å². The van der Waals surface area contributed by atoms with Crippen LogP contribution in [-0.2, 0) is 10.0 Å². The Bertz CT molecular complexity index is 591. The molecule has 0 atom stereocenters. The molecule has 0 aliphatic rings. The van der Waals surface area contributed by atoms with Crippen molar-refractivity contribution in [3.8, 4) is 5.75 Å². The standard InChI is InChI=1S/C14H21NO5S/c1-4-8-15(9-5-2)21(18,19)13-10-11(14(16)17)6-7-12(13)20-3/h6-7,10H,4-5,8-9H2,1-3H3,(H,16,17). The van der Waals surface area contributed by atoms with E-state index in [-0.39, 0.29) is 16.2 Å². The van der Waals surface area contributed by atoms with E-state index >= 15 is 0 Å². The molecule has 1 N–H and O–H groups in total. The van der Waals surface area contributed by atoms with Crippen molar-refractivity contribution in [1.82, 2.24) is 4.31 Å². The van der Waals surface area contributed by atoms with Crippen molar-refractivity contribution < 1.29 is 23.1 Å². The maximum Gasteiger partial charge on any atom is 0.335 e. The van der Waals surface area contributed by atoms with Gasteiger partial charge in [0.1, 0.15) is 10.6 Å². The lowest BCUT2D eigenvalue weighted by Gasteiger charge is -2.22. The molecule has 0 radical (unpaired) electrons. The highest BCUT2D eigenvalue weighted by atomic mass is 32.2. The zero-order valence-electron chi connectivity index (χ0n) is 12.5. The van der Waals surface area contributed by atoms with Crippen molar-refractivity contribution in [2.24, 2.45) is 0 Å². The average Bonchev–Trinajstić information content (AvgIpc) is 2.46. The minimum absolute atomic E-state index is 0.0812. The fraction of sp³-hybridized carbons (Fsp3) is 0.500. The third kappa shape index (κ3) is 3.95. The molecule has 0 bridgehead atoms. The quantitative estimate of drug-likeness (QED) is 0.795. The first kappa shape index (κ1) is 17.5. The Balaban J connectivity index is 3.39. The summed E-state index contributed by atoms with van der Waals surface area (Å²) in [5.41, 5.74) is -0.0812. The van der Waals surface area contributed by atoms with Gasteiger partial charge < -0.3 is 9.84 Å². The first-order chi connectivity index (χ1) is 9.88. The van der Waals surface area contributed by atoms with E-state index in [1.54, 1.807) is 0 Å². The molecule has 118 valence electrons. The maximum atomic E-state index is 12.7.